The molecule has 0 aliphatic carbocycles. The molecule has 0 bridgehead atoms. The van der Waals surface area contributed by atoms with E-state index in [0.29, 0.717) is 10.9 Å². The fourth-order valence-electron chi connectivity index (χ4n) is 1.71. The summed E-state index contributed by atoms with van der Waals surface area (Å²) in [6, 6.07) is 0.459. The Balaban J connectivity index is 2.54. The van der Waals surface area contributed by atoms with Crippen LogP contribution in [0.5, 0.6) is 0 Å². The van der Waals surface area contributed by atoms with E-state index in [-0.39, 0.29) is 0 Å². The monoisotopic (exact) mass is 307 g/mol. The quantitative estimate of drug-likeness (QED) is 0.847. The van der Waals surface area contributed by atoms with E-state index in [1.54, 1.807) is 0 Å². The molecule has 0 spiro atoms. The Bertz CT molecular complexity index is 349. The highest BCUT2D eigenvalue weighted by molar-refractivity contribution is 9.09. The fourth-order valence-corrected chi connectivity index (χ4v) is 2.50. The zero-order chi connectivity index (χ0) is 12.3. The Morgan fingerprint density at radius 2 is 2.12 bits per heavy atom. The van der Waals surface area contributed by atoms with Crippen LogP contribution in [0.15, 0.2) is 0 Å². The Kier molecular flexibility index (Phi) is 5.28. The maximum absolute atomic E-state index is 6.17. The largest absolute Gasteiger partial charge is 0.309 e. The van der Waals surface area contributed by atoms with Crippen molar-refractivity contribution in [2.75, 3.05) is 0 Å². The van der Waals surface area contributed by atoms with Gasteiger partial charge in [0.15, 0.2) is 0 Å². The normalized spacial score (nSPS) is 15.1. The summed E-state index contributed by atoms with van der Waals surface area (Å²) >= 11 is 9.72. The number of aryl methyl sites for hydroxylation is 2. The molecule has 0 aliphatic rings. The number of hydrogen-bond donors (Lipinski definition) is 1. The van der Waals surface area contributed by atoms with Gasteiger partial charge in [0, 0.05) is 24.5 Å². The third-order valence-corrected chi connectivity index (χ3v) is 3.42. The van der Waals surface area contributed by atoms with Crippen LogP contribution in [0.3, 0.4) is 0 Å². The number of nitrogens with one attached hydrogen (secondary N) is 1. The van der Waals surface area contributed by atoms with Gasteiger partial charge in [-0.2, -0.15) is 5.10 Å². The molecule has 1 heterocycles. The van der Waals surface area contributed by atoms with E-state index in [2.05, 4.69) is 40.2 Å². The molecule has 3 nitrogen and oxygen atoms in total. The highest BCUT2D eigenvalue weighted by atomic mass is 79.9. The second-order valence-electron chi connectivity index (χ2n) is 4.27. The molecule has 0 saturated carbocycles. The lowest BCUT2D eigenvalue weighted by atomic mass is 10.2. The minimum absolute atomic E-state index is 0.459. The molecule has 1 rings (SSSR count). The van der Waals surface area contributed by atoms with Crippen LogP contribution in [-0.4, -0.2) is 20.6 Å². The first-order valence-corrected chi connectivity index (χ1v) is 6.76. The smallest absolute Gasteiger partial charge is 0.0860 e. The second-order valence-corrected chi connectivity index (χ2v) is 6.21. The average molecular weight is 309 g/mol. The number of rotatable bonds is 5. The van der Waals surface area contributed by atoms with E-state index in [0.717, 1.165) is 29.4 Å². The predicted molar refractivity (Wildman–Crippen MR) is 72.3 cm³/mol. The minimum Gasteiger partial charge on any atom is -0.309 e. The van der Waals surface area contributed by atoms with Gasteiger partial charge in [0.05, 0.1) is 16.4 Å². The van der Waals surface area contributed by atoms with Crippen LogP contribution in [0.4, 0.5) is 0 Å². The van der Waals surface area contributed by atoms with Gasteiger partial charge in [0.25, 0.3) is 0 Å². The van der Waals surface area contributed by atoms with Gasteiger partial charge in [-0.1, -0.05) is 34.5 Å². The highest BCUT2D eigenvalue weighted by Crippen LogP contribution is 2.19. The van der Waals surface area contributed by atoms with E-state index >= 15 is 0 Å². The van der Waals surface area contributed by atoms with Gasteiger partial charge < -0.3 is 5.32 Å². The van der Waals surface area contributed by atoms with Crippen LogP contribution in [0, 0.1) is 6.92 Å². The molecule has 1 N–H and O–H groups in total. The Labute approximate surface area is 111 Å². The minimum atomic E-state index is 0.459. The molecule has 5 heteroatoms. The zero-order valence-electron chi connectivity index (χ0n) is 10.2. The van der Waals surface area contributed by atoms with Crippen LogP contribution in [0.2, 0.25) is 5.02 Å². The molecule has 0 amide bonds. The molecule has 2 unspecified atom stereocenters. The molecule has 2 atom stereocenters. The first-order chi connectivity index (χ1) is 7.41. The van der Waals surface area contributed by atoms with Crippen molar-refractivity contribution in [3.8, 4) is 0 Å². The van der Waals surface area contributed by atoms with Crippen LogP contribution < -0.4 is 5.32 Å². The van der Waals surface area contributed by atoms with Crippen molar-refractivity contribution in [1.29, 1.82) is 0 Å². The number of halogens is 2. The molecular formula is C11H19BrClN3. The lowest BCUT2D eigenvalue weighted by Gasteiger charge is -2.15. The second kappa shape index (κ2) is 6.03. The zero-order valence-corrected chi connectivity index (χ0v) is 12.6. The third kappa shape index (κ3) is 3.75. The lowest BCUT2D eigenvalue weighted by Crippen LogP contribution is -2.28. The maximum atomic E-state index is 6.17. The van der Waals surface area contributed by atoms with Crippen molar-refractivity contribution in [2.24, 2.45) is 7.05 Å². The standard InChI is InChI=1S/C11H19BrClN3/c1-7(12)5-8(2)14-6-10-11(13)9(3)15-16(10)4/h7-8,14H,5-6H2,1-4H3. The van der Waals surface area contributed by atoms with Crippen molar-refractivity contribution in [3.63, 3.8) is 0 Å². The van der Waals surface area contributed by atoms with Crippen molar-refractivity contribution in [3.05, 3.63) is 16.4 Å². The summed E-state index contributed by atoms with van der Waals surface area (Å²) in [4.78, 5) is 0.527. The van der Waals surface area contributed by atoms with E-state index in [9.17, 15) is 0 Å². The van der Waals surface area contributed by atoms with Gasteiger partial charge in [0.1, 0.15) is 0 Å². The molecule has 0 radical (unpaired) electrons. The Morgan fingerprint density at radius 3 is 2.56 bits per heavy atom. The Morgan fingerprint density at radius 1 is 1.50 bits per heavy atom. The summed E-state index contributed by atoms with van der Waals surface area (Å²) in [6.07, 6.45) is 1.09. The molecule has 0 aromatic carbocycles. The van der Waals surface area contributed by atoms with E-state index in [4.69, 9.17) is 11.6 Å². The first kappa shape index (κ1) is 14.0. The molecule has 0 saturated heterocycles. The molecule has 16 heavy (non-hydrogen) atoms. The van der Waals surface area contributed by atoms with Gasteiger partial charge in [-0.25, -0.2) is 0 Å². The van der Waals surface area contributed by atoms with Crippen LogP contribution in [-0.2, 0) is 13.6 Å². The van der Waals surface area contributed by atoms with Crippen molar-refractivity contribution in [1.82, 2.24) is 15.1 Å². The highest BCUT2D eigenvalue weighted by Gasteiger charge is 2.12. The van der Waals surface area contributed by atoms with Gasteiger partial charge in [-0.3, -0.25) is 4.68 Å². The Hall–Kier alpha value is -0.0600. The molecule has 0 aliphatic heterocycles. The SMILES string of the molecule is Cc1nn(C)c(CNC(C)CC(C)Br)c1Cl. The summed E-state index contributed by atoms with van der Waals surface area (Å²) < 4.78 is 1.84. The van der Waals surface area contributed by atoms with Gasteiger partial charge >= 0.3 is 0 Å². The molecule has 0 fully saturated rings. The summed E-state index contributed by atoms with van der Waals surface area (Å²) in [5.41, 5.74) is 1.94. The molecule has 1 aromatic heterocycles. The molecule has 1 aromatic rings. The van der Waals surface area contributed by atoms with Crippen molar-refractivity contribution >= 4 is 27.5 Å². The average Bonchev–Trinajstić information content (AvgIpc) is 2.38. The number of nitrogens with zero attached hydrogens (tertiary/aromatic N) is 2. The number of alkyl halides is 1. The van der Waals surface area contributed by atoms with Crippen molar-refractivity contribution in [2.45, 2.75) is 44.6 Å². The van der Waals surface area contributed by atoms with Gasteiger partial charge in [-0.05, 0) is 20.3 Å². The topological polar surface area (TPSA) is 29.9 Å². The predicted octanol–water partition coefficient (Wildman–Crippen LogP) is 3.03. The number of aromatic nitrogens is 2. The van der Waals surface area contributed by atoms with Gasteiger partial charge in [-0.15, -0.1) is 0 Å². The maximum Gasteiger partial charge on any atom is 0.0860 e. The van der Waals surface area contributed by atoms with Crippen LogP contribution >= 0.6 is 27.5 Å². The van der Waals surface area contributed by atoms with Crippen LogP contribution in [0.1, 0.15) is 31.7 Å². The number of hydrogen-bond acceptors (Lipinski definition) is 2. The third-order valence-electron chi connectivity index (χ3n) is 2.56. The fraction of sp³-hybridized carbons (Fsp3) is 0.727. The molecular weight excluding hydrogens is 289 g/mol. The molecule has 92 valence electrons. The summed E-state index contributed by atoms with van der Waals surface area (Å²) in [5, 5.41) is 8.51. The first-order valence-electron chi connectivity index (χ1n) is 5.47. The van der Waals surface area contributed by atoms with Crippen LogP contribution in [0.25, 0.3) is 0 Å². The van der Waals surface area contributed by atoms with Crippen molar-refractivity contribution < 1.29 is 0 Å². The lowest BCUT2D eigenvalue weighted by molar-refractivity contribution is 0.501. The summed E-state index contributed by atoms with van der Waals surface area (Å²) in [6.45, 7) is 7.02. The van der Waals surface area contributed by atoms with E-state index in [1.807, 2.05) is 18.7 Å². The summed E-state index contributed by atoms with van der Waals surface area (Å²) in [5.74, 6) is 0. The van der Waals surface area contributed by atoms with Gasteiger partial charge in [0.2, 0.25) is 0 Å². The van der Waals surface area contributed by atoms with E-state index in [1.165, 1.54) is 0 Å². The van der Waals surface area contributed by atoms with E-state index < -0.39 is 0 Å². The summed E-state index contributed by atoms with van der Waals surface area (Å²) in [7, 11) is 1.92.